The van der Waals surface area contributed by atoms with E-state index in [0.29, 0.717) is 6.61 Å². The minimum absolute atomic E-state index is 0.0434. The van der Waals surface area contributed by atoms with Gasteiger partial charge in [0.1, 0.15) is 18.2 Å². The summed E-state index contributed by atoms with van der Waals surface area (Å²) >= 11 is 5.43. The molecule has 1 N–H and O–H groups in total. The van der Waals surface area contributed by atoms with Gasteiger partial charge in [-0.3, -0.25) is 4.79 Å². The molecule has 1 amide bonds. The van der Waals surface area contributed by atoms with Crippen molar-refractivity contribution < 1.29 is 9.53 Å². The number of alkyl halides is 1. The van der Waals surface area contributed by atoms with Gasteiger partial charge in [-0.2, -0.15) is 0 Å². The first-order chi connectivity index (χ1) is 9.67. The van der Waals surface area contributed by atoms with Gasteiger partial charge in [-0.25, -0.2) is 0 Å². The number of carbonyl (C=O) groups is 1. The number of rotatable bonds is 5. The van der Waals surface area contributed by atoms with Crippen LogP contribution in [0.5, 0.6) is 5.75 Å². The number of hydrogen-bond donors (Lipinski definition) is 1. The van der Waals surface area contributed by atoms with Gasteiger partial charge in [0.2, 0.25) is 5.91 Å². The second-order valence-corrected chi connectivity index (χ2v) is 4.75. The Hall–Kier alpha value is -2.00. The van der Waals surface area contributed by atoms with Crippen molar-refractivity contribution in [2.24, 2.45) is 0 Å². The Kier molecular flexibility index (Phi) is 5.02. The summed E-state index contributed by atoms with van der Waals surface area (Å²) in [6, 6.07) is 15.4. The molecule has 2 aromatic carbocycles. The Morgan fingerprint density at radius 3 is 2.60 bits per heavy atom. The van der Waals surface area contributed by atoms with Crippen LogP contribution in [0.4, 0.5) is 5.69 Å². The fourth-order valence-corrected chi connectivity index (χ4v) is 1.82. The van der Waals surface area contributed by atoms with Gasteiger partial charge in [-0.15, -0.1) is 11.6 Å². The highest BCUT2D eigenvalue weighted by Crippen LogP contribution is 2.16. The minimum Gasteiger partial charge on any atom is -0.489 e. The summed E-state index contributed by atoms with van der Waals surface area (Å²) in [5.74, 6) is 0.595. The van der Waals surface area contributed by atoms with E-state index in [1.165, 1.54) is 5.56 Å². The smallest absolute Gasteiger partial charge is 0.239 e. The Morgan fingerprint density at radius 2 is 1.95 bits per heavy atom. The van der Waals surface area contributed by atoms with E-state index < -0.39 is 0 Å². The summed E-state index contributed by atoms with van der Waals surface area (Å²) in [6.45, 7) is 2.52. The van der Waals surface area contributed by atoms with Crippen molar-refractivity contribution in [2.75, 3.05) is 11.2 Å². The monoisotopic (exact) mass is 289 g/mol. The molecule has 0 saturated carbocycles. The van der Waals surface area contributed by atoms with Crippen molar-refractivity contribution in [3.8, 4) is 5.75 Å². The first-order valence-corrected chi connectivity index (χ1v) is 6.85. The molecule has 3 nitrogen and oxygen atoms in total. The molecule has 0 atom stereocenters. The van der Waals surface area contributed by atoms with Crippen molar-refractivity contribution in [1.82, 2.24) is 0 Å². The van der Waals surface area contributed by atoms with Gasteiger partial charge in [-0.05, 0) is 42.3 Å². The van der Waals surface area contributed by atoms with Gasteiger partial charge >= 0.3 is 0 Å². The number of anilines is 1. The molecule has 2 aromatic rings. The van der Waals surface area contributed by atoms with E-state index in [1.807, 2.05) is 55.5 Å². The van der Waals surface area contributed by atoms with Gasteiger partial charge < -0.3 is 10.1 Å². The lowest BCUT2D eigenvalue weighted by atomic mass is 10.2. The van der Waals surface area contributed by atoms with Crippen LogP contribution in [0.15, 0.2) is 48.5 Å². The molecule has 2 rings (SSSR count). The SMILES string of the molecule is Cc1cccc(OCc2ccc(NC(=O)CCl)cc2)c1. The zero-order valence-corrected chi connectivity index (χ0v) is 12.0. The van der Waals surface area contributed by atoms with Crippen LogP contribution in [0.25, 0.3) is 0 Å². The van der Waals surface area contributed by atoms with Crippen LogP contribution >= 0.6 is 11.6 Å². The third kappa shape index (κ3) is 4.28. The van der Waals surface area contributed by atoms with Gasteiger partial charge in [0.15, 0.2) is 0 Å². The van der Waals surface area contributed by atoms with E-state index in [4.69, 9.17) is 16.3 Å². The summed E-state index contributed by atoms with van der Waals surface area (Å²) in [7, 11) is 0. The quantitative estimate of drug-likeness (QED) is 0.851. The average Bonchev–Trinajstić information content (AvgIpc) is 2.46. The second kappa shape index (κ2) is 6.96. The largest absolute Gasteiger partial charge is 0.489 e. The summed E-state index contributed by atoms with van der Waals surface area (Å²) in [6.07, 6.45) is 0. The van der Waals surface area contributed by atoms with Crippen molar-refractivity contribution >= 4 is 23.2 Å². The van der Waals surface area contributed by atoms with Crippen molar-refractivity contribution in [3.63, 3.8) is 0 Å². The molecule has 0 heterocycles. The van der Waals surface area contributed by atoms with E-state index in [-0.39, 0.29) is 11.8 Å². The van der Waals surface area contributed by atoms with E-state index in [9.17, 15) is 4.79 Å². The van der Waals surface area contributed by atoms with Crippen LogP contribution in [0.2, 0.25) is 0 Å². The van der Waals surface area contributed by atoms with E-state index >= 15 is 0 Å². The number of nitrogens with one attached hydrogen (secondary N) is 1. The molecule has 0 aliphatic rings. The standard InChI is InChI=1S/C16H16ClNO2/c1-12-3-2-4-15(9-12)20-11-13-5-7-14(8-6-13)18-16(19)10-17/h2-9H,10-11H2,1H3,(H,18,19). The first kappa shape index (κ1) is 14.4. The van der Waals surface area contributed by atoms with E-state index in [0.717, 1.165) is 17.0 Å². The topological polar surface area (TPSA) is 38.3 Å². The number of aryl methyl sites for hydroxylation is 1. The van der Waals surface area contributed by atoms with Crippen molar-refractivity contribution in [1.29, 1.82) is 0 Å². The number of amides is 1. The van der Waals surface area contributed by atoms with E-state index in [1.54, 1.807) is 0 Å². The molecule has 104 valence electrons. The number of hydrogen-bond acceptors (Lipinski definition) is 2. The zero-order valence-electron chi connectivity index (χ0n) is 11.2. The third-order valence-corrected chi connectivity index (χ3v) is 3.00. The predicted octanol–water partition coefficient (Wildman–Crippen LogP) is 3.75. The second-order valence-electron chi connectivity index (χ2n) is 4.48. The normalized spacial score (nSPS) is 10.1. The number of ether oxygens (including phenoxy) is 1. The van der Waals surface area contributed by atoms with Crippen molar-refractivity contribution in [3.05, 3.63) is 59.7 Å². The third-order valence-electron chi connectivity index (χ3n) is 2.75. The van der Waals surface area contributed by atoms with Crippen LogP contribution in [-0.2, 0) is 11.4 Å². The lowest BCUT2D eigenvalue weighted by Crippen LogP contribution is -2.12. The molecule has 0 aliphatic heterocycles. The molecule has 20 heavy (non-hydrogen) atoms. The zero-order chi connectivity index (χ0) is 14.4. The lowest BCUT2D eigenvalue weighted by molar-refractivity contribution is -0.113. The number of halogens is 1. The maximum Gasteiger partial charge on any atom is 0.239 e. The van der Waals surface area contributed by atoms with E-state index in [2.05, 4.69) is 5.32 Å². The molecule has 0 radical (unpaired) electrons. The summed E-state index contributed by atoms with van der Waals surface area (Å²) in [4.78, 5) is 11.1. The van der Waals surface area contributed by atoms with Gasteiger partial charge in [0, 0.05) is 5.69 Å². The number of benzene rings is 2. The Morgan fingerprint density at radius 1 is 1.20 bits per heavy atom. The highest BCUT2D eigenvalue weighted by Gasteiger charge is 2.01. The van der Waals surface area contributed by atoms with Crippen molar-refractivity contribution in [2.45, 2.75) is 13.5 Å². The first-order valence-electron chi connectivity index (χ1n) is 6.31. The van der Waals surface area contributed by atoms with Crippen LogP contribution in [0.1, 0.15) is 11.1 Å². The molecule has 0 spiro atoms. The van der Waals surface area contributed by atoms with Crippen LogP contribution in [-0.4, -0.2) is 11.8 Å². The molecular formula is C16H16ClNO2. The Bertz CT molecular complexity index is 581. The molecule has 0 bridgehead atoms. The molecule has 4 heteroatoms. The Labute approximate surface area is 123 Å². The van der Waals surface area contributed by atoms with Gasteiger partial charge in [-0.1, -0.05) is 24.3 Å². The van der Waals surface area contributed by atoms with Crippen LogP contribution in [0.3, 0.4) is 0 Å². The predicted molar refractivity (Wildman–Crippen MR) is 81.3 cm³/mol. The fourth-order valence-electron chi connectivity index (χ4n) is 1.75. The summed E-state index contributed by atoms with van der Waals surface area (Å²) < 4.78 is 5.71. The molecule has 0 unspecified atom stereocenters. The van der Waals surface area contributed by atoms with Crippen LogP contribution in [0, 0.1) is 6.92 Å². The molecule has 0 aliphatic carbocycles. The summed E-state index contributed by atoms with van der Waals surface area (Å²) in [5.41, 5.74) is 2.94. The maximum atomic E-state index is 11.1. The highest BCUT2D eigenvalue weighted by molar-refractivity contribution is 6.29. The van der Waals surface area contributed by atoms with Crippen LogP contribution < -0.4 is 10.1 Å². The van der Waals surface area contributed by atoms with Gasteiger partial charge in [0.05, 0.1) is 0 Å². The summed E-state index contributed by atoms with van der Waals surface area (Å²) in [5, 5.41) is 2.69. The average molecular weight is 290 g/mol. The highest BCUT2D eigenvalue weighted by atomic mass is 35.5. The molecule has 0 saturated heterocycles. The Balaban J connectivity index is 1.92. The van der Waals surface area contributed by atoms with Gasteiger partial charge in [0.25, 0.3) is 0 Å². The molecule has 0 fully saturated rings. The lowest BCUT2D eigenvalue weighted by Gasteiger charge is -2.08. The molecule has 0 aromatic heterocycles. The fraction of sp³-hybridized carbons (Fsp3) is 0.188. The number of carbonyl (C=O) groups excluding carboxylic acids is 1. The maximum absolute atomic E-state index is 11.1. The molecular weight excluding hydrogens is 274 g/mol. The minimum atomic E-state index is -0.213.